The van der Waals surface area contributed by atoms with E-state index in [1.807, 2.05) is 19.1 Å². The maximum absolute atomic E-state index is 8.81. The van der Waals surface area contributed by atoms with Gasteiger partial charge in [0, 0.05) is 0 Å². The third-order valence-corrected chi connectivity index (χ3v) is 2.92. The van der Waals surface area contributed by atoms with E-state index in [-0.39, 0.29) is 0 Å². The van der Waals surface area contributed by atoms with Crippen LogP contribution in [0.4, 0.5) is 0 Å². The van der Waals surface area contributed by atoms with E-state index < -0.39 is 0 Å². The van der Waals surface area contributed by atoms with Crippen LogP contribution in [0.2, 0.25) is 0 Å². The highest BCUT2D eigenvalue weighted by atomic mass is 16.3. The fourth-order valence-electron chi connectivity index (χ4n) is 0.878. The van der Waals surface area contributed by atoms with Crippen LogP contribution in [0.1, 0.15) is 46.1 Å². The predicted molar refractivity (Wildman–Crippen MR) is 67.2 cm³/mol. The number of phenols is 1. The molecule has 0 heterocycles. The molecule has 1 aromatic carbocycles. The van der Waals surface area contributed by atoms with Crippen LogP contribution in [-0.4, -0.2) is 5.11 Å². The molecule has 0 unspecified atom stereocenters. The van der Waals surface area contributed by atoms with E-state index in [1.165, 1.54) is 12.8 Å². The summed E-state index contributed by atoms with van der Waals surface area (Å²) in [5, 5.41) is 8.81. The summed E-state index contributed by atoms with van der Waals surface area (Å²) < 4.78 is 0. The summed E-state index contributed by atoms with van der Waals surface area (Å²) in [5.74, 6) is 0.338. The Bertz CT molecular complexity index is 253. The van der Waals surface area contributed by atoms with Gasteiger partial charge < -0.3 is 5.11 Å². The highest BCUT2D eigenvalue weighted by Gasteiger charge is 2.09. The van der Waals surface area contributed by atoms with Crippen molar-refractivity contribution in [1.29, 1.82) is 0 Å². The Morgan fingerprint density at radius 1 is 1.13 bits per heavy atom. The van der Waals surface area contributed by atoms with Crippen molar-refractivity contribution in [3.05, 3.63) is 29.8 Å². The van der Waals surface area contributed by atoms with Crippen LogP contribution < -0.4 is 0 Å². The lowest BCUT2D eigenvalue weighted by molar-refractivity contribution is 0.338. The van der Waals surface area contributed by atoms with E-state index in [2.05, 4.69) is 27.7 Å². The number of phenolic OH excluding ortho intramolecular Hbond substituents is 1. The molecule has 0 saturated heterocycles. The molecule has 0 aliphatic carbocycles. The van der Waals surface area contributed by atoms with Gasteiger partial charge in [0.25, 0.3) is 0 Å². The molecule has 0 bridgehead atoms. The molecule has 1 aromatic rings. The number of benzene rings is 1. The zero-order valence-electron chi connectivity index (χ0n) is 10.7. The number of hydrogen-bond donors (Lipinski definition) is 1. The van der Waals surface area contributed by atoms with Gasteiger partial charge in [-0.2, -0.15) is 0 Å². The monoisotopic (exact) mass is 208 g/mol. The normalized spacial score (nSPS) is 10.5. The predicted octanol–water partition coefficient (Wildman–Crippen LogP) is 4.53. The van der Waals surface area contributed by atoms with Gasteiger partial charge in [-0.15, -0.1) is 0 Å². The van der Waals surface area contributed by atoms with Crippen molar-refractivity contribution in [2.24, 2.45) is 5.41 Å². The van der Waals surface area contributed by atoms with Gasteiger partial charge in [-0.25, -0.2) is 0 Å². The molecule has 0 saturated carbocycles. The van der Waals surface area contributed by atoms with Gasteiger partial charge in [0.2, 0.25) is 0 Å². The number of aromatic hydroxyl groups is 1. The van der Waals surface area contributed by atoms with Crippen LogP contribution in [0.3, 0.4) is 0 Å². The second-order valence-corrected chi connectivity index (χ2v) is 4.71. The Balaban J connectivity index is 0.000000265. The summed E-state index contributed by atoms with van der Waals surface area (Å²) in [6.07, 6.45) is 2.59. The molecule has 0 fully saturated rings. The molecule has 1 nitrogen and oxygen atoms in total. The molecule has 0 aromatic heterocycles. The van der Waals surface area contributed by atoms with E-state index in [0.717, 1.165) is 5.56 Å². The third kappa shape index (κ3) is 7.01. The molecule has 0 radical (unpaired) electrons. The zero-order valence-corrected chi connectivity index (χ0v) is 10.7. The van der Waals surface area contributed by atoms with Crippen molar-refractivity contribution in [3.63, 3.8) is 0 Å². The molecule has 86 valence electrons. The van der Waals surface area contributed by atoms with Crippen LogP contribution in [0.15, 0.2) is 24.3 Å². The van der Waals surface area contributed by atoms with Crippen LogP contribution in [0.25, 0.3) is 0 Å². The summed E-state index contributed by atoms with van der Waals surface area (Å²) in [6, 6.07) is 7.15. The molecule has 0 aliphatic heterocycles. The highest BCUT2D eigenvalue weighted by Crippen LogP contribution is 2.22. The van der Waals surface area contributed by atoms with Crippen LogP contribution in [-0.2, 0) is 0 Å². The first kappa shape index (κ1) is 14.0. The molecule has 0 amide bonds. The van der Waals surface area contributed by atoms with Crippen molar-refractivity contribution in [2.45, 2.75) is 47.5 Å². The van der Waals surface area contributed by atoms with Crippen molar-refractivity contribution >= 4 is 0 Å². The highest BCUT2D eigenvalue weighted by molar-refractivity contribution is 5.25. The summed E-state index contributed by atoms with van der Waals surface area (Å²) in [4.78, 5) is 0. The summed E-state index contributed by atoms with van der Waals surface area (Å²) in [7, 11) is 0. The van der Waals surface area contributed by atoms with E-state index in [4.69, 9.17) is 5.11 Å². The Morgan fingerprint density at radius 2 is 1.67 bits per heavy atom. The van der Waals surface area contributed by atoms with Gasteiger partial charge in [0.1, 0.15) is 5.75 Å². The van der Waals surface area contributed by atoms with Crippen molar-refractivity contribution in [3.8, 4) is 5.75 Å². The summed E-state index contributed by atoms with van der Waals surface area (Å²) >= 11 is 0. The van der Waals surface area contributed by atoms with Gasteiger partial charge in [0.05, 0.1) is 0 Å². The third-order valence-electron chi connectivity index (χ3n) is 2.92. The first-order valence-corrected chi connectivity index (χ1v) is 5.67. The van der Waals surface area contributed by atoms with Crippen LogP contribution in [0.5, 0.6) is 5.75 Å². The van der Waals surface area contributed by atoms with Gasteiger partial charge in [-0.1, -0.05) is 52.7 Å². The van der Waals surface area contributed by atoms with Crippen molar-refractivity contribution in [1.82, 2.24) is 0 Å². The molecular weight excluding hydrogens is 184 g/mol. The Labute approximate surface area is 94.2 Å². The molecule has 1 N–H and O–H groups in total. The van der Waals surface area contributed by atoms with Gasteiger partial charge in [-0.3, -0.25) is 0 Å². The maximum atomic E-state index is 8.81. The Hall–Kier alpha value is -0.980. The van der Waals surface area contributed by atoms with Gasteiger partial charge >= 0.3 is 0 Å². The standard InChI is InChI=1S/C7H8O.C7H16/c1-6-3-2-4-7(8)5-6;1-5-7(3,4)6-2/h2-5,8H,1H3;5-6H2,1-4H3. The van der Waals surface area contributed by atoms with Gasteiger partial charge in [-0.05, 0) is 30.0 Å². The topological polar surface area (TPSA) is 20.2 Å². The number of hydrogen-bond acceptors (Lipinski definition) is 1. The minimum Gasteiger partial charge on any atom is -0.508 e. The SMILES string of the molecule is CCC(C)(C)CC.Cc1cccc(O)c1. The fourth-order valence-corrected chi connectivity index (χ4v) is 0.878. The first-order valence-electron chi connectivity index (χ1n) is 5.67. The molecular formula is C14H24O. The lowest BCUT2D eigenvalue weighted by Crippen LogP contribution is -2.05. The van der Waals surface area contributed by atoms with Crippen molar-refractivity contribution < 1.29 is 5.11 Å². The van der Waals surface area contributed by atoms with Crippen LogP contribution in [0, 0.1) is 12.3 Å². The Kier molecular flexibility index (Phi) is 6.07. The maximum Gasteiger partial charge on any atom is 0.115 e. The Morgan fingerprint density at radius 3 is 1.87 bits per heavy atom. The van der Waals surface area contributed by atoms with E-state index in [1.54, 1.807) is 12.1 Å². The zero-order chi connectivity index (χ0) is 11.9. The minimum atomic E-state index is 0.338. The quantitative estimate of drug-likeness (QED) is 0.757. The average Bonchev–Trinajstić information content (AvgIpc) is 2.18. The molecule has 15 heavy (non-hydrogen) atoms. The molecule has 0 aliphatic rings. The smallest absolute Gasteiger partial charge is 0.115 e. The number of aryl methyl sites for hydroxylation is 1. The largest absolute Gasteiger partial charge is 0.508 e. The molecule has 1 heteroatoms. The molecule has 0 spiro atoms. The summed E-state index contributed by atoms with van der Waals surface area (Å²) in [5.41, 5.74) is 1.67. The summed E-state index contributed by atoms with van der Waals surface area (Å²) in [6.45, 7) is 11.0. The molecule has 1 rings (SSSR count). The minimum absolute atomic E-state index is 0.338. The fraction of sp³-hybridized carbons (Fsp3) is 0.571. The molecule has 0 atom stereocenters. The van der Waals surface area contributed by atoms with Crippen LogP contribution >= 0.6 is 0 Å². The number of rotatable bonds is 2. The lowest BCUT2D eigenvalue weighted by atomic mass is 9.88. The second kappa shape index (κ2) is 6.49. The van der Waals surface area contributed by atoms with E-state index in [9.17, 15) is 0 Å². The van der Waals surface area contributed by atoms with Gasteiger partial charge in [0.15, 0.2) is 0 Å². The van der Waals surface area contributed by atoms with E-state index >= 15 is 0 Å². The van der Waals surface area contributed by atoms with Crippen molar-refractivity contribution in [2.75, 3.05) is 0 Å². The lowest BCUT2D eigenvalue weighted by Gasteiger charge is -2.18. The van der Waals surface area contributed by atoms with E-state index in [0.29, 0.717) is 11.2 Å². The average molecular weight is 208 g/mol. The first-order chi connectivity index (χ1) is 6.91. The second-order valence-electron chi connectivity index (χ2n) is 4.71.